The molecule has 0 saturated heterocycles. The minimum absolute atomic E-state index is 0.0659. The first-order chi connectivity index (χ1) is 7.77. The van der Waals surface area contributed by atoms with Crippen LogP contribution in [0, 0.1) is 0 Å². The molecule has 1 rings (SSSR count). The van der Waals surface area contributed by atoms with E-state index in [0.717, 1.165) is 5.56 Å². The highest BCUT2D eigenvalue weighted by Crippen LogP contribution is 2.26. The molecule has 5 nitrogen and oxygen atoms in total. The summed E-state index contributed by atoms with van der Waals surface area (Å²) in [6, 6.07) is 4.98. The van der Waals surface area contributed by atoms with Crippen LogP contribution in [0.2, 0.25) is 0 Å². The van der Waals surface area contributed by atoms with Crippen LogP contribution in [0.25, 0.3) is 0 Å². The Hall–Kier alpha value is -1.75. The van der Waals surface area contributed by atoms with Crippen molar-refractivity contribution in [3.05, 3.63) is 23.8 Å². The van der Waals surface area contributed by atoms with Gasteiger partial charge in [0.2, 0.25) is 0 Å². The number of benzene rings is 1. The number of hydrogen-bond acceptors (Lipinski definition) is 5. The summed E-state index contributed by atoms with van der Waals surface area (Å²) < 4.78 is 10.1. The van der Waals surface area contributed by atoms with Gasteiger partial charge < -0.3 is 19.4 Å². The number of phenolic OH excluding ortho intramolecular Hbond substituents is 1. The number of ether oxygens (including phenoxy) is 2. The van der Waals surface area contributed by atoms with Crippen LogP contribution in [0.1, 0.15) is 5.56 Å². The van der Waals surface area contributed by atoms with E-state index in [2.05, 4.69) is 9.99 Å². The van der Waals surface area contributed by atoms with Gasteiger partial charge in [0.25, 0.3) is 0 Å². The second-order valence-corrected chi connectivity index (χ2v) is 2.99. The highest BCUT2D eigenvalue weighted by molar-refractivity contribution is 5.80. The molecular weight excluding hydrogens is 210 g/mol. The van der Waals surface area contributed by atoms with Crippen LogP contribution in [0.4, 0.5) is 0 Å². The molecule has 0 heterocycles. The summed E-state index contributed by atoms with van der Waals surface area (Å²) in [6.45, 7) is 0.877. The van der Waals surface area contributed by atoms with Crippen molar-refractivity contribution in [3.63, 3.8) is 0 Å². The van der Waals surface area contributed by atoms with E-state index < -0.39 is 0 Å². The minimum Gasteiger partial charge on any atom is -0.504 e. The molecule has 5 heteroatoms. The van der Waals surface area contributed by atoms with Crippen LogP contribution in [0.3, 0.4) is 0 Å². The number of methoxy groups -OCH3 is 1. The summed E-state index contributed by atoms with van der Waals surface area (Å²) in [5.74, 6) is 0.489. The second-order valence-electron chi connectivity index (χ2n) is 2.99. The first kappa shape index (κ1) is 12.3. The highest BCUT2D eigenvalue weighted by Gasteiger charge is 2.02. The molecule has 1 aromatic rings. The molecule has 1 aromatic carbocycles. The average molecular weight is 225 g/mol. The van der Waals surface area contributed by atoms with Crippen LogP contribution in [0.15, 0.2) is 23.4 Å². The van der Waals surface area contributed by atoms with Gasteiger partial charge in [-0.15, -0.1) is 0 Å². The molecule has 0 aliphatic rings. The van der Waals surface area contributed by atoms with E-state index in [1.165, 1.54) is 13.3 Å². The first-order valence-corrected chi connectivity index (χ1v) is 4.79. The Labute approximate surface area is 94.2 Å². The lowest BCUT2D eigenvalue weighted by atomic mass is 10.2. The van der Waals surface area contributed by atoms with Crippen LogP contribution >= 0.6 is 0 Å². The SMILES string of the molecule is COCCOc1ccc(/C=N/OC)cc1O. The number of aromatic hydroxyl groups is 1. The van der Waals surface area contributed by atoms with E-state index in [1.807, 2.05) is 0 Å². The van der Waals surface area contributed by atoms with E-state index in [1.54, 1.807) is 25.3 Å². The van der Waals surface area contributed by atoms with Gasteiger partial charge >= 0.3 is 0 Å². The number of rotatable bonds is 6. The minimum atomic E-state index is 0.0659. The van der Waals surface area contributed by atoms with Gasteiger partial charge in [-0.1, -0.05) is 5.16 Å². The zero-order valence-corrected chi connectivity index (χ0v) is 9.34. The molecule has 0 bridgehead atoms. The summed E-state index contributed by atoms with van der Waals surface area (Å²) in [6.07, 6.45) is 1.50. The standard InChI is InChI=1S/C11H15NO4/c1-14-5-6-16-11-4-3-9(7-10(11)13)8-12-15-2/h3-4,7-8,13H,5-6H2,1-2H3/b12-8+. The maximum atomic E-state index is 9.62. The highest BCUT2D eigenvalue weighted by atomic mass is 16.6. The van der Waals surface area contributed by atoms with Gasteiger partial charge in [-0.2, -0.15) is 0 Å². The van der Waals surface area contributed by atoms with E-state index >= 15 is 0 Å². The van der Waals surface area contributed by atoms with Crippen molar-refractivity contribution in [2.75, 3.05) is 27.4 Å². The van der Waals surface area contributed by atoms with E-state index in [4.69, 9.17) is 9.47 Å². The Balaban J connectivity index is 2.64. The van der Waals surface area contributed by atoms with Crippen molar-refractivity contribution >= 4 is 6.21 Å². The zero-order chi connectivity index (χ0) is 11.8. The Morgan fingerprint density at radius 2 is 2.12 bits per heavy atom. The second kappa shape index (κ2) is 6.68. The molecule has 1 N–H and O–H groups in total. The third kappa shape index (κ3) is 3.78. The molecule has 0 saturated carbocycles. The number of oxime groups is 1. The van der Waals surface area contributed by atoms with Crippen LogP contribution in [0.5, 0.6) is 11.5 Å². The van der Waals surface area contributed by atoms with Gasteiger partial charge in [-0.3, -0.25) is 0 Å². The molecule has 0 atom stereocenters. The normalized spacial score (nSPS) is 10.6. The van der Waals surface area contributed by atoms with Crippen molar-refractivity contribution in [3.8, 4) is 11.5 Å². The van der Waals surface area contributed by atoms with Crippen molar-refractivity contribution in [2.24, 2.45) is 5.16 Å². The van der Waals surface area contributed by atoms with Gasteiger partial charge in [0, 0.05) is 7.11 Å². The van der Waals surface area contributed by atoms with E-state index in [-0.39, 0.29) is 5.75 Å². The fraction of sp³-hybridized carbons (Fsp3) is 0.364. The zero-order valence-electron chi connectivity index (χ0n) is 9.34. The average Bonchev–Trinajstić information content (AvgIpc) is 2.29. The molecule has 88 valence electrons. The number of nitrogens with zero attached hydrogens (tertiary/aromatic N) is 1. The summed E-state index contributed by atoms with van der Waals surface area (Å²) in [4.78, 5) is 4.54. The third-order valence-electron chi connectivity index (χ3n) is 1.84. The fourth-order valence-electron chi connectivity index (χ4n) is 1.09. The van der Waals surface area contributed by atoms with Gasteiger partial charge in [0.1, 0.15) is 13.7 Å². The Kier molecular flexibility index (Phi) is 5.15. The molecule has 0 fully saturated rings. The molecule has 0 spiro atoms. The molecular formula is C11H15NO4. The molecule has 0 amide bonds. The van der Waals surface area contributed by atoms with Crippen molar-refractivity contribution in [1.82, 2.24) is 0 Å². The summed E-state index contributed by atoms with van der Waals surface area (Å²) in [5, 5.41) is 13.2. The summed E-state index contributed by atoms with van der Waals surface area (Å²) in [7, 11) is 3.05. The lowest BCUT2D eigenvalue weighted by Gasteiger charge is -2.07. The molecule has 0 unspecified atom stereocenters. The van der Waals surface area contributed by atoms with E-state index in [9.17, 15) is 5.11 Å². The largest absolute Gasteiger partial charge is 0.504 e. The first-order valence-electron chi connectivity index (χ1n) is 4.79. The van der Waals surface area contributed by atoms with Crippen LogP contribution in [-0.2, 0) is 9.57 Å². The smallest absolute Gasteiger partial charge is 0.161 e. The Morgan fingerprint density at radius 3 is 2.75 bits per heavy atom. The third-order valence-corrected chi connectivity index (χ3v) is 1.84. The molecule has 0 aromatic heterocycles. The molecule has 0 aliphatic carbocycles. The van der Waals surface area contributed by atoms with Crippen LogP contribution < -0.4 is 4.74 Å². The van der Waals surface area contributed by atoms with Crippen molar-refractivity contribution < 1.29 is 19.4 Å². The molecule has 0 radical (unpaired) electrons. The maximum Gasteiger partial charge on any atom is 0.161 e. The van der Waals surface area contributed by atoms with Crippen molar-refractivity contribution in [2.45, 2.75) is 0 Å². The predicted octanol–water partition coefficient (Wildman–Crippen LogP) is 1.40. The fourth-order valence-corrected chi connectivity index (χ4v) is 1.09. The van der Waals surface area contributed by atoms with Gasteiger partial charge in [-0.05, 0) is 23.8 Å². The number of hydrogen-bond donors (Lipinski definition) is 1. The summed E-state index contributed by atoms with van der Waals surface area (Å²) >= 11 is 0. The molecule has 16 heavy (non-hydrogen) atoms. The predicted molar refractivity (Wildman–Crippen MR) is 60.1 cm³/mol. The quantitative estimate of drug-likeness (QED) is 0.451. The van der Waals surface area contributed by atoms with Crippen molar-refractivity contribution in [1.29, 1.82) is 0 Å². The molecule has 0 aliphatic heterocycles. The Morgan fingerprint density at radius 1 is 1.31 bits per heavy atom. The Bertz CT molecular complexity index is 352. The summed E-state index contributed by atoms with van der Waals surface area (Å²) in [5.41, 5.74) is 0.735. The number of phenols is 1. The van der Waals surface area contributed by atoms with Gasteiger partial charge in [-0.25, -0.2) is 0 Å². The van der Waals surface area contributed by atoms with Crippen LogP contribution in [-0.4, -0.2) is 38.8 Å². The maximum absolute atomic E-state index is 9.62. The lowest BCUT2D eigenvalue weighted by Crippen LogP contribution is -2.04. The lowest BCUT2D eigenvalue weighted by molar-refractivity contribution is 0.144. The van der Waals surface area contributed by atoms with Gasteiger partial charge in [0.05, 0.1) is 12.8 Å². The topological polar surface area (TPSA) is 60.3 Å². The van der Waals surface area contributed by atoms with Gasteiger partial charge in [0.15, 0.2) is 11.5 Å². The van der Waals surface area contributed by atoms with E-state index in [0.29, 0.717) is 19.0 Å². The monoisotopic (exact) mass is 225 g/mol.